The lowest BCUT2D eigenvalue weighted by Gasteiger charge is -2.61. The highest BCUT2D eigenvalue weighted by atomic mass is 16.5. The van der Waals surface area contributed by atoms with Gasteiger partial charge in [0.15, 0.2) is 0 Å². The summed E-state index contributed by atoms with van der Waals surface area (Å²) in [7, 11) is 1.67. The molecule has 3 nitrogen and oxygen atoms in total. The molecule has 5 aliphatic rings. The van der Waals surface area contributed by atoms with Crippen molar-refractivity contribution in [3.05, 3.63) is 11.8 Å². The molecule has 23 heavy (non-hydrogen) atoms. The Morgan fingerprint density at radius 3 is 2.48 bits per heavy atom. The molecule has 0 aromatic rings. The van der Waals surface area contributed by atoms with Crippen molar-refractivity contribution in [1.29, 1.82) is 0 Å². The van der Waals surface area contributed by atoms with Gasteiger partial charge in [0.1, 0.15) is 11.7 Å². The summed E-state index contributed by atoms with van der Waals surface area (Å²) in [6.07, 6.45) is 10.5. The van der Waals surface area contributed by atoms with Gasteiger partial charge in [-0.25, -0.2) is 0 Å². The van der Waals surface area contributed by atoms with Crippen LogP contribution in [0.3, 0.4) is 0 Å². The zero-order valence-corrected chi connectivity index (χ0v) is 14.6. The Bertz CT molecular complexity index is 592. The van der Waals surface area contributed by atoms with Gasteiger partial charge >= 0.3 is 0 Å². The van der Waals surface area contributed by atoms with Crippen molar-refractivity contribution in [2.24, 2.45) is 34.0 Å². The van der Waals surface area contributed by atoms with E-state index in [1.165, 1.54) is 44.9 Å². The average molecular weight is 318 g/mol. The maximum Gasteiger partial charge on any atom is 0.111 e. The molecule has 0 radical (unpaired) electrons. The predicted octanol–water partition coefficient (Wildman–Crippen LogP) is 3.82. The van der Waals surface area contributed by atoms with E-state index < -0.39 is 5.60 Å². The second-order valence-electron chi connectivity index (χ2n) is 9.52. The molecule has 0 aromatic heterocycles. The van der Waals surface area contributed by atoms with E-state index >= 15 is 0 Å². The van der Waals surface area contributed by atoms with Crippen LogP contribution in [0, 0.1) is 34.0 Å². The SMILES string of the molecule is COC1C=C(O)C2C3CC4CCC5(CCCC5)C3(C)C4(C)C12O. The van der Waals surface area contributed by atoms with E-state index in [-0.39, 0.29) is 22.9 Å². The Labute approximate surface area is 139 Å². The molecule has 4 saturated carbocycles. The van der Waals surface area contributed by atoms with Gasteiger partial charge in [0, 0.05) is 12.5 Å². The van der Waals surface area contributed by atoms with Crippen LogP contribution in [0.25, 0.3) is 0 Å². The minimum absolute atomic E-state index is 0.116. The number of rotatable bonds is 1. The first-order valence-electron chi connectivity index (χ1n) is 9.53. The third kappa shape index (κ3) is 1.17. The molecule has 128 valence electrons. The second-order valence-corrected chi connectivity index (χ2v) is 9.52. The van der Waals surface area contributed by atoms with Crippen LogP contribution >= 0.6 is 0 Å². The van der Waals surface area contributed by atoms with Crippen LogP contribution in [0.5, 0.6) is 0 Å². The molecular formula is C20H30O3. The van der Waals surface area contributed by atoms with E-state index in [1.807, 2.05) is 0 Å². The first-order valence-corrected chi connectivity index (χ1v) is 9.53. The summed E-state index contributed by atoms with van der Waals surface area (Å²) in [5.74, 6) is 1.25. The van der Waals surface area contributed by atoms with Crippen LogP contribution in [-0.4, -0.2) is 29.0 Å². The highest BCUT2D eigenvalue weighted by molar-refractivity contribution is 5.41. The zero-order chi connectivity index (χ0) is 16.3. The summed E-state index contributed by atoms with van der Waals surface area (Å²) >= 11 is 0. The molecule has 0 aromatic carbocycles. The second kappa shape index (κ2) is 3.99. The number of fused-ring (bicyclic) bond motifs is 2. The van der Waals surface area contributed by atoms with Gasteiger partial charge < -0.3 is 14.9 Å². The summed E-state index contributed by atoms with van der Waals surface area (Å²) in [6.45, 7) is 4.81. The smallest absolute Gasteiger partial charge is 0.111 e. The molecule has 0 heterocycles. The molecule has 7 atom stereocenters. The third-order valence-corrected chi connectivity index (χ3v) is 9.85. The first-order chi connectivity index (χ1) is 10.9. The lowest BCUT2D eigenvalue weighted by molar-refractivity contribution is -0.217. The maximum atomic E-state index is 12.0. The molecule has 3 heteroatoms. The number of hydrogen-bond acceptors (Lipinski definition) is 3. The largest absolute Gasteiger partial charge is 0.512 e. The third-order valence-electron chi connectivity index (χ3n) is 9.85. The van der Waals surface area contributed by atoms with Crippen LogP contribution in [0.15, 0.2) is 11.8 Å². The Morgan fingerprint density at radius 2 is 1.83 bits per heavy atom. The quantitative estimate of drug-likeness (QED) is 0.773. The van der Waals surface area contributed by atoms with Crippen LogP contribution in [0.4, 0.5) is 0 Å². The number of ether oxygens (including phenoxy) is 1. The van der Waals surface area contributed by atoms with Crippen molar-refractivity contribution in [3.63, 3.8) is 0 Å². The van der Waals surface area contributed by atoms with Crippen LogP contribution < -0.4 is 0 Å². The van der Waals surface area contributed by atoms with Gasteiger partial charge in [-0.1, -0.05) is 26.7 Å². The van der Waals surface area contributed by atoms with E-state index in [0.717, 1.165) is 0 Å². The van der Waals surface area contributed by atoms with E-state index in [2.05, 4.69) is 13.8 Å². The molecular weight excluding hydrogens is 288 g/mol. The van der Waals surface area contributed by atoms with E-state index in [9.17, 15) is 10.2 Å². The Kier molecular flexibility index (Phi) is 2.56. The molecule has 0 aliphatic heterocycles. The molecule has 4 fully saturated rings. The van der Waals surface area contributed by atoms with E-state index in [1.54, 1.807) is 13.2 Å². The fraction of sp³-hybridized carbons (Fsp3) is 0.900. The Balaban J connectivity index is 1.75. The van der Waals surface area contributed by atoms with Gasteiger partial charge in [0.05, 0.1) is 11.7 Å². The summed E-state index contributed by atoms with van der Waals surface area (Å²) in [4.78, 5) is 0. The predicted molar refractivity (Wildman–Crippen MR) is 87.9 cm³/mol. The van der Waals surface area contributed by atoms with Crippen molar-refractivity contribution in [3.8, 4) is 0 Å². The molecule has 4 bridgehead atoms. The van der Waals surface area contributed by atoms with Crippen LogP contribution in [0.1, 0.15) is 58.8 Å². The maximum absolute atomic E-state index is 12.0. The summed E-state index contributed by atoms with van der Waals surface area (Å²) in [5.41, 5.74) is -0.584. The highest BCUT2D eigenvalue weighted by Gasteiger charge is 2.86. The van der Waals surface area contributed by atoms with E-state index in [0.29, 0.717) is 23.0 Å². The van der Waals surface area contributed by atoms with Crippen molar-refractivity contribution >= 4 is 0 Å². The lowest BCUT2D eigenvalue weighted by Crippen LogP contribution is -2.63. The van der Waals surface area contributed by atoms with Crippen molar-refractivity contribution in [2.45, 2.75) is 70.5 Å². The normalized spacial score (nSPS) is 58.7. The number of methoxy groups -OCH3 is 1. The molecule has 1 spiro atoms. The molecule has 5 aliphatic carbocycles. The Morgan fingerprint density at radius 1 is 1.13 bits per heavy atom. The number of aliphatic hydroxyl groups is 2. The molecule has 0 amide bonds. The fourth-order valence-corrected chi connectivity index (χ4v) is 8.85. The molecule has 0 saturated heterocycles. The zero-order valence-electron chi connectivity index (χ0n) is 14.6. The fourth-order valence-electron chi connectivity index (χ4n) is 8.85. The van der Waals surface area contributed by atoms with Crippen molar-refractivity contribution in [2.75, 3.05) is 7.11 Å². The van der Waals surface area contributed by atoms with Crippen molar-refractivity contribution in [1.82, 2.24) is 0 Å². The van der Waals surface area contributed by atoms with Gasteiger partial charge in [-0.3, -0.25) is 0 Å². The summed E-state index contributed by atoms with van der Waals surface area (Å²) in [6, 6.07) is 0. The monoisotopic (exact) mass is 318 g/mol. The van der Waals surface area contributed by atoms with Gasteiger partial charge in [-0.05, 0) is 60.8 Å². The number of hydrogen-bond donors (Lipinski definition) is 2. The molecule has 7 unspecified atom stereocenters. The summed E-state index contributed by atoms with van der Waals surface area (Å²) in [5, 5.41) is 22.7. The molecule has 2 N–H and O–H groups in total. The van der Waals surface area contributed by atoms with Gasteiger partial charge in [-0.2, -0.15) is 0 Å². The first kappa shape index (κ1) is 14.8. The average Bonchev–Trinajstić information content (AvgIpc) is 3.16. The minimum atomic E-state index is -0.926. The number of aliphatic hydroxyl groups excluding tert-OH is 1. The van der Waals surface area contributed by atoms with Gasteiger partial charge in [-0.15, -0.1) is 0 Å². The summed E-state index contributed by atoms with van der Waals surface area (Å²) < 4.78 is 5.69. The Hall–Kier alpha value is -0.540. The van der Waals surface area contributed by atoms with E-state index in [4.69, 9.17) is 4.74 Å². The van der Waals surface area contributed by atoms with Gasteiger partial charge in [0.2, 0.25) is 0 Å². The lowest BCUT2D eigenvalue weighted by atomic mass is 9.44. The topological polar surface area (TPSA) is 49.7 Å². The highest BCUT2D eigenvalue weighted by Crippen LogP contribution is 2.86. The van der Waals surface area contributed by atoms with Crippen LogP contribution in [0.2, 0.25) is 0 Å². The van der Waals surface area contributed by atoms with Crippen molar-refractivity contribution < 1.29 is 14.9 Å². The minimum Gasteiger partial charge on any atom is -0.512 e. The molecule has 5 rings (SSSR count). The van der Waals surface area contributed by atoms with Gasteiger partial charge in [0.25, 0.3) is 0 Å². The standard InChI is InChI=1S/C20H30O3/c1-17-12-6-9-19(7-4-5-8-19)18(17,2)13(10-12)16-14(21)11-15(23-3)20(16,17)22/h11-13,15-16,21-22H,4-10H2,1-3H3. The van der Waals surface area contributed by atoms with Crippen LogP contribution in [-0.2, 0) is 4.74 Å².